The van der Waals surface area contributed by atoms with E-state index in [1.54, 1.807) is 0 Å². The molecule has 2 aliphatic carbocycles. The summed E-state index contributed by atoms with van der Waals surface area (Å²) in [4.78, 5) is 32.1. The summed E-state index contributed by atoms with van der Waals surface area (Å²) in [5, 5.41) is 10.1. The van der Waals surface area contributed by atoms with E-state index in [0.29, 0.717) is 27.8 Å². The largest absolute Gasteiger partial charge is 0.477 e. The summed E-state index contributed by atoms with van der Waals surface area (Å²) in [7, 11) is 2.13. The van der Waals surface area contributed by atoms with Crippen molar-refractivity contribution in [2.24, 2.45) is 17.3 Å². The Morgan fingerprint density at radius 3 is 2.21 bits per heavy atom. The first-order valence-electron chi connectivity index (χ1n) is 13.0. The molecule has 3 fully saturated rings. The number of carbonyl (C=O) groups is 2. The Morgan fingerprint density at radius 2 is 1.64 bits per heavy atom. The van der Waals surface area contributed by atoms with Gasteiger partial charge in [-0.2, -0.15) is 0 Å². The molecule has 5 nitrogen and oxygen atoms in total. The fourth-order valence-corrected chi connectivity index (χ4v) is 7.23. The Balaban J connectivity index is 1.66. The first kappa shape index (κ1) is 24.7. The Labute approximate surface area is 203 Å². The zero-order valence-corrected chi connectivity index (χ0v) is 21.8. The molecule has 1 aromatic rings. The van der Waals surface area contributed by atoms with Crippen molar-refractivity contribution in [3.8, 4) is 0 Å². The van der Waals surface area contributed by atoms with Gasteiger partial charge in [-0.3, -0.25) is 4.79 Å². The molecule has 0 aromatic carbocycles. The van der Waals surface area contributed by atoms with Gasteiger partial charge in [0.1, 0.15) is 4.88 Å². The van der Waals surface area contributed by atoms with Crippen LogP contribution in [0, 0.1) is 17.3 Å². The number of anilines is 1. The van der Waals surface area contributed by atoms with Crippen LogP contribution in [0.1, 0.15) is 105 Å². The van der Waals surface area contributed by atoms with Gasteiger partial charge in [0.05, 0.1) is 5.69 Å². The zero-order valence-electron chi connectivity index (χ0n) is 20.9. The highest BCUT2D eigenvalue weighted by Gasteiger charge is 2.38. The van der Waals surface area contributed by atoms with Crippen molar-refractivity contribution in [3.63, 3.8) is 0 Å². The summed E-state index contributed by atoms with van der Waals surface area (Å²) in [5.41, 5.74) is 1.06. The molecule has 6 heteroatoms. The van der Waals surface area contributed by atoms with Gasteiger partial charge in [0.25, 0.3) is 0 Å². The van der Waals surface area contributed by atoms with Crippen molar-refractivity contribution < 1.29 is 14.7 Å². The van der Waals surface area contributed by atoms with E-state index in [9.17, 15) is 14.7 Å². The molecule has 0 radical (unpaired) electrons. The number of aromatic carboxylic acids is 1. The summed E-state index contributed by atoms with van der Waals surface area (Å²) in [5.74, 6) is 0.415. The third-order valence-corrected chi connectivity index (χ3v) is 9.86. The monoisotopic (exact) mass is 474 g/mol. The van der Waals surface area contributed by atoms with E-state index in [2.05, 4.69) is 38.8 Å². The van der Waals surface area contributed by atoms with E-state index in [-0.39, 0.29) is 17.9 Å². The Kier molecular flexibility index (Phi) is 7.54. The van der Waals surface area contributed by atoms with E-state index in [1.807, 2.05) is 4.90 Å². The Morgan fingerprint density at radius 1 is 1.03 bits per heavy atom. The molecular weight excluding hydrogens is 432 g/mol. The molecule has 33 heavy (non-hydrogen) atoms. The molecule has 0 atom stereocenters. The average Bonchev–Trinajstić information content (AvgIpc) is 3.21. The normalized spacial score (nSPS) is 27.4. The Hall–Kier alpha value is -1.40. The van der Waals surface area contributed by atoms with E-state index in [1.165, 1.54) is 29.1 Å². The Bertz CT molecular complexity index is 838. The van der Waals surface area contributed by atoms with Crippen LogP contribution in [0.25, 0.3) is 0 Å². The highest BCUT2D eigenvalue weighted by Crippen LogP contribution is 2.47. The van der Waals surface area contributed by atoms with Crippen LogP contribution in [0.15, 0.2) is 6.07 Å². The van der Waals surface area contributed by atoms with Crippen molar-refractivity contribution in [2.45, 2.75) is 96.9 Å². The number of carboxylic acid groups (broad SMARTS) is 1. The molecule has 0 unspecified atom stereocenters. The SMILES string of the molecule is CC1CCC(C(=O)N(c2cc(C3CCC(C)(C)CC3)sc2C(=O)O)C2CCN(C)CC2)CC1. The van der Waals surface area contributed by atoms with Gasteiger partial charge >= 0.3 is 5.97 Å². The molecule has 2 heterocycles. The number of amides is 1. The molecule has 1 aliphatic heterocycles. The molecule has 0 spiro atoms. The van der Waals surface area contributed by atoms with Crippen LogP contribution in [-0.2, 0) is 4.79 Å². The summed E-state index contributed by atoms with van der Waals surface area (Å²) in [6.45, 7) is 8.84. The number of nitrogens with zero attached hydrogens (tertiary/aromatic N) is 2. The average molecular weight is 475 g/mol. The standard InChI is InChI=1S/C27H42N2O3S/c1-18-5-7-20(8-6-18)25(30)29(21-11-15-28(4)16-12-21)22-17-23(33-24(22)26(31)32)19-9-13-27(2,3)14-10-19/h17-21H,5-16H2,1-4H3,(H,31,32). The fraction of sp³-hybridized carbons (Fsp3) is 0.778. The van der Waals surface area contributed by atoms with Gasteiger partial charge in [-0.15, -0.1) is 11.3 Å². The van der Waals surface area contributed by atoms with E-state index >= 15 is 0 Å². The molecule has 1 amide bonds. The number of hydrogen-bond donors (Lipinski definition) is 1. The lowest BCUT2D eigenvalue weighted by molar-refractivity contribution is -0.124. The second kappa shape index (κ2) is 10.1. The van der Waals surface area contributed by atoms with Crippen molar-refractivity contribution >= 4 is 28.9 Å². The molecular formula is C27H42N2O3S. The van der Waals surface area contributed by atoms with Gasteiger partial charge in [-0.05, 0) is 108 Å². The van der Waals surface area contributed by atoms with Crippen LogP contribution in [0.2, 0.25) is 0 Å². The number of rotatable bonds is 5. The molecule has 184 valence electrons. The smallest absolute Gasteiger partial charge is 0.348 e. The summed E-state index contributed by atoms with van der Waals surface area (Å²) < 4.78 is 0. The van der Waals surface area contributed by atoms with Crippen LogP contribution in [0.3, 0.4) is 0 Å². The predicted molar refractivity (Wildman–Crippen MR) is 135 cm³/mol. The highest BCUT2D eigenvalue weighted by molar-refractivity contribution is 7.14. The van der Waals surface area contributed by atoms with Crippen LogP contribution in [0.5, 0.6) is 0 Å². The first-order valence-corrected chi connectivity index (χ1v) is 13.8. The fourth-order valence-electron chi connectivity index (χ4n) is 6.07. The van der Waals surface area contributed by atoms with Crippen molar-refractivity contribution in [1.82, 2.24) is 4.90 Å². The molecule has 1 N–H and O–H groups in total. The van der Waals surface area contributed by atoms with Gasteiger partial charge < -0.3 is 14.9 Å². The number of likely N-dealkylation sites (tertiary alicyclic amines) is 1. The zero-order chi connectivity index (χ0) is 23.8. The van der Waals surface area contributed by atoms with Crippen LogP contribution in [-0.4, -0.2) is 48.1 Å². The maximum atomic E-state index is 14.0. The maximum absolute atomic E-state index is 14.0. The van der Waals surface area contributed by atoms with E-state index in [4.69, 9.17) is 0 Å². The second-order valence-electron chi connectivity index (χ2n) is 11.8. The van der Waals surface area contributed by atoms with E-state index < -0.39 is 5.97 Å². The topological polar surface area (TPSA) is 60.9 Å². The number of carboxylic acids is 1. The molecule has 0 bridgehead atoms. The van der Waals surface area contributed by atoms with Gasteiger partial charge in [-0.25, -0.2) is 4.79 Å². The van der Waals surface area contributed by atoms with Gasteiger partial charge in [0, 0.05) is 16.8 Å². The lowest BCUT2D eigenvalue weighted by Gasteiger charge is -2.40. The maximum Gasteiger partial charge on any atom is 0.348 e. The molecule has 1 saturated heterocycles. The van der Waals surface area contributed by atoms with Gasteiger partial charge in [0.2, 0.25) is 5.91 Å². The van der Waals surface area contributed by atoms with E-state index in [0.717, 1.165) is 64.5 Å². The van der Waals surface area contributed by atoms with Crippen LogP contribution >= 0.6 is 11.3 Å². The van der Waals surface area contributed by atoms with Crippen molar-refractivity contribution in [3.05, 3.63) is 15.8 Å². The summed E-state index contributed by atoms with van der Waals surface area (Å²) >= 11 is 1.43. The third-order valence-electron chi connectivity index (χ3n) is 8.58. The number of thiophene rings is 1. The highest BCUT2D eigenvalue weighted by atomic mass is 32.1. The van der Waals surface area contributed by atoms with Crippen LogP contribution in [0.4, 0.5) is 5.69 Å². The van der Waals surface area contributed by atoms with Gasteiger partial charge in [0.15, 0.2) is 0 Å². The molecule has 2 saturated carbocycles. The summed E-state index contributed by atoms with van der Waals surface area (Å²) in [6.07, 6.45) is 10.4. The lowest BCUT2D eigenvalue weighted by atomic mass is 9.73. The van der Waals surface area contributed by atoms with Crippen molar-refractivity contribution in [2.75, 3.05) is 25.0 Å². The summed E-state index contributed by atoms with van der Waals surface area (Å²) in [6, 6.07) is 2.19. The minimum Gasteiger partial charge on any atom is -0.477 e. The second-order valence-corrected chi connectivity index (χ2v) is 12.9. The number of piperidine rings is 1. The first-order chi connectivity index (χ1) is 15.6. The number of hydrogen-bond acceptors (Lipinski definition) is 4. The third kappa shape index (κ3) is 5.64. The predicted octanol–water partition coefficient (Wildman–Crippen LogP) is 6.38. The van der Waals surface area contributed by atoms with Crippen LogP contribution < -0.4 is 4.90 Å². The number of carbonyl (C=O) groups excluding carboxylic acids is 1. The minimum absolute atomic E-state index is 0.0290. The quantitative estimate of drug-likeness (QED) is 0.538. The molecule has 1 aromatic heterocycles. The minimum atomic E-state index is -0.889. The molecule has 3 aliphatic rings. The molecule has 4 rings (SSSR count). The van der Waals surface area contributed by atoms with Gasteiger partial charge in [-0.1, -0.05) is 20.8 Å². The van der Waals surface area contributed by atoms with Crippen molar-refractivity contribution in [1.29, 1.82) is 0 Å². The lowest BCUT2D eigenvalue weighted by Crippen LogP contribution is -2.49.